The maximum atomic E-state index is 5.74. The second-order valence-corrected chi connectivity index (χ2v) is 3.60. The average Bonchev–Trinajstić information content (AvgIpc) is 2.23. The summed E-state index contributed by atoms with van der Waals surface area (Å²) in [6, 6.07) is 5.74. The summed E-state index contributed by atoms with van der Waals surface area (Å²) in [5, 5.41) is 0. The lowest BCUT2D eigenvalue weighted by molar-refractivity contribution is 0.117. The molecule has 0 aromatic carbocycles. The zero-order valence-corrected chi connectivity index (χ0v) is 8.22. The first-order valence-corrected chi connectivity index (χ1v) is 4.98. The van der Waals surface area contributed by atoms with E-state index in [4.69, 9.17) is 4.74 Å². The third-order valence-electron chi connectivity index (χ3n) is 2.46. The molecule has 14 heavy (non-hydrogen) atoms. The minimum atomic E-state index is 0.308. The number of nitrogens with zero attached hydrogens (tertiary/aromatic N) is 2. The van der Waals surface area contributed by atoms with Gasteiger partial charge in [-0.15, -0.1) is 0 Å². The van der Waals surface area contributed by atoms with E-state index in [2.05, 4.69) is 16.9 Å². The summed E-state index contributed by atoms with van der Waals surface area (Å²) in [6.45, 7) is 2.02. The third kappa shape index (κ3) is 2.45. The second-order valence-electron chi connectivity index (χ2n) is 3.60. The van der Waals surface area contributed by atoms with Crippen molar-refractivity contribution in [2.24, 2.45) is 0 Å². The Bertz CT molecular complexity index is 268. The maximum absolute atomic E-state index is 5.74. The topological polar surface area (TPSA) is 25.4 Å². The van der Waals surface area contributed by atoms with E-state index in [9.17, 15) is 0 Å². The van der Waals surface area contributed by atoms with Gasteiger partial charge in [0.2, 0.25) is 5.88 Å². The van der Waals surface area contributed by atoms with Crippen LogP contribution in [0.25, 0.3) is 0 Å². The molecule has 0 bridgehead atoms. The van der Waals surface area contributed by atoms with Crippen LogP contribution in [-0.4, -0.2) is 29.1 Å². The van der Waals surface area contributed by atoms with Crippen molar-refractivity contribution in [1.29, 1.82) is 0 Å². The largest absolute Gasteiger partial charge is 0.474 e. The van der Waals surface area contributed by atoms with Crippen LogP contribution >= 0.6 is 0 Å². The Morgan fingerprint density at radius 2 is 2.14 bits per heavy atom. The van der Waals surface area contributed by atoms with E-state index in [1.54, 1.807) is 6.20 Å². The van der Waals surface area contributed by atoms with Crippen molar-refractivity contribution in [1.82, 2.24) is 9.88 Å². The molecule has 1 aromatic heterocycles. The Hall–Kier alpha value is -1.09. The lowest BCUT2D eigenvalue weighted by atomic mass is 10.1. The minimum absolute atomic E-state index is 0.308. The number of hydrogen-bond acceptors (Lipinski definition) is 3. The van der Waals surface area contributed by atoms with Crippen LogP contribution in [0.2, 0.25) is 0 Å². The summed E-state index contributed by atoms with van der Waals surface area (Å²) in [5.41, 5.74) is 0. The number of piperidine rings is 1. The lowest BCUT2D eigenvalue weighted by Crippen LogP contribution is -2.34. The number of aromatic nitrogens is 1. The molecule has 0 amide bonds. The molecule has 2 rings (SSSR count). The average molecular weight is 191 g/mol. The molecule has 1 fully saturated rings. The van der Waals surface area contributed by atoms with Crippen LogP contribution in [0.15, 0.2) is 24.4 Å². The van der Waals surface area contributed by atoms with Gasteiger partial charge < -0.3 is 9.64 Å². The molecule has 0 unspecified atom stereocenters. The molecule has 1 aliphatic rings. The molecule has 2 heterocycles. The number of ether oxygens (including phenoxy) is 1. The van der Waals surface area contributed by atoms with Gasteiger partial charge in [-0.25, -0.2) is 4.98 Å². The van der Waals surface area contributed by atoms with Gasteiger partial charge in [-0.1, -0.05) is 6.07 Å². The van der Waals surface area contributed by atoms with Crippen molar-refractivity contribution >= 4 is 0 Å². The number of rotatable bonds is 2. The van der Waals surface area contributed by atoms with Crippen LogP contribution in [0.4, 0.5) is 0 Å². The van der Waals surface area contributed by atoms with Gasteiger partial charge in [-0.2, -0.15) is 0 Å². The molecular formula is C11H15N2O-. The number of likely N-dealkylation sites (tertiary alicyclic amines) is 1. The molecular weight excluding hydrogens is 176 g/mol. The van der Waals surface area contributed by atoms with Crippen molar-refractivity contribution in [2.45, 2.75) is 18.9 Å². The predicted octanol–water partition coefficient (Wildman–Crippen LogP) is 1.72. The minimum Gasteiger partial charge on any atom is -0.474 e. The molecule has 1 aliphatic heterocycles. The quantitative estimate of drug-likeness (QED) is 0.665. The Balaban J connectivity index is 1.87. The van der Waals surface area contributed by atoms with Crippen LogP contribution < -0.4 is 4.74 Å². The normalized spacial score (nSPS) is 19.5. The van der Waals surface area contributed by atoms with E-state index in [0.29, 0.717) is 6.10 Å². The molecule has 1 saturated heterocycles. The van der Waals surface area contributed by atoms with E-state index in [1.807, 2.05) is 18.2 Å². The van der Waals surface area contributed by atoms with E-state index in [-0.39, 0.29) is 0 Å². The highest BCUT2D eigenvalue weighted by Crippen LogP contribution is 2.15. The zero-order valence-electron chi connectivity index (χ0n) is 8.22. The van der Waals surface area contributed by atoms with E-state index in [0.717, 1.165) is 31.8 Å². The van der Waals surface area contributed by atoms with Crippen molar-refractivity contribution in [3.8, 4) is 5.88 Å². The summed E-state index contributed by atoms with van der Waals surface area (Å²) < 4.78 is 5.74. The van der Waals surface area contributed by atoms with Crippen LogP contribution in [0, 0.1) is 7.05 Å². The van der Waals surface area contributed by atoms with Crippen molar-refractivity contribution < 1.29 is 4.74 Å². The van der Waals surface area contributed by atoms with Gasteiger partial charge in [0.05, 0.1) is 0 Å². The molecule has 0 atom stereocenters. The van der Waals surface area contributed by atoms with Gasteiger partial charge in [-0.05, 0) is 32.0 Å². The highest BCUT2D eigenvalue weighted by Gasteiger charge is 2.15. The van der Waals surface area contributed by atoms with E-state index < -0.39 is 0 Å². The fourth-order valence-corrected chi connectivity index (χ4v) is 1.61. The first-order chi connectivity index (χ1) is 6.84. The SMILES string of the molecule is [CH2-]N1CCC(Oc2ccccn2)CC1. The van der Waals surface area contributed by atoms with Gasteiger partial charge in [0.15, 0.2) is 0 Å². The smallest absolute Gasteiger partial charge is 0.213 e. The molecule has 0 spiro atoms. The molecule has 3 heteroatoms. The van der Waals surface area contributed by atoms with Crippen LogP contribution in [0.3, 0.4) is 0 Å². The van der Waals surface area contributed by atoms with Crippen LogP contribution in [0.5, 0.6) is 5.88 Å². The fraction of sp³-hybridized carbons (Fsp3) is 0.455. The van der Waals surface area contributed by atoms with Crippen LogP contribution in [0.1, 0.15) is 12.8 Å². The maximum Gasteiger partial charge on any atom is 0.213 e. The number of pyridine rings is 1. The predicted molar refractivity (Wildman–Crippen MR) is 54.8 cm³/mol. The molecule has 76 valence electrons. The molecule has 0 saturated carbocycles. The summed E-state index contributed by atoms with van der Waals surface area (Å²) in [5.74, 6) is 0.731. The zero-order chi connectivity index (χ0) is 9.80. The Kier molecular flexibility index (Phi) is 2.99. The van der Waals surface area contributed by atoms with Gasteiger partial charge >= 0.3 is 0 Å². The monoisotopic (exact) mass is 191 g/mol. The summed E-state index contributed by atoms with van der Waals surface area (Å²) in [7, 11) is 3.90. The Morgan fingerprint density at radius 1 is 1.36 bits per heavy atom. The summed E-state index contributed by atoms with van der Waals surface area (Å²) >= 11 is 0. The number of hydrogen-bond donors (Lipinski definition) is 0. The van der Waals surface area contributed by atoms with Gasteiger partial charge in [0.1, 0.15) is 6.10 Å². The lowest BCUT2D eigenvalue weighted by Gasteiger charge is -2.34. The molecule has 0 radical (unpaired) electrons. The Labute approximate surface area is 84.7 Å². The molecule has 0 N–H and O–H groups in total. The van der Waals surface area contributed by atoms with Gasteiger partial charge in [0, 0.05) is 12.3 Å². The third-order valence-corrected chi connectivity index (χ3v) is 2.46. The first kappa shape index (κ1) is 9.46. The fourth-order valence-electron chi connectivity index (χ4n) is 1.61. The standard InChI is InChI=1S/C11H15N2O/c1-13-8-5-10(6-9-13)14-11-4-2-3-7-12-11/h2-4,7,10H,1,5-6,8-9H2/q-1. The van der Waals surface area contributed by atoms with Crippen LogP contribution in [-0.2, 0) is 0 Å². The summed E-state index contributed by atoms with van der Waals surface area (Å²) in [6.07, 6.45) is 4.15. The highest BCUT2D eigenvalue weighted by atomic mass is 16.5. The van der Waals surface area contributed by atoms with Crippen molar-refractivity contribution in [3.05, 3.63) is 31.4 Å². The van der Waals surface area contributed by atoms with Gasteiger partial charge in [0.25, 0.3) is 0 Å². The van der Waals surface area contributed by atoms with E-state index >= 15 is 0 Å². The van der Waals surface area contributed by atoms with Crippen molar-refractivity contribution in [3.63, 3.8) is 0 Å². The molecule has 1 aromatic rings. The van der Waals surface area contributed by atoms with E-state index in [1.165, 1.54) is 0 Å². The summed E-state index contributed by atoms with van der Waals surface area (Å²) in [4.78, 5) is 6.22. The second kappa shape index (κ2) is 4.42. The van der Waals surface area contributed by atoms with Gasteiger partial charge in [-0.3, -0.25) is 7.05 Å². The first-order valence-electron chi connectivity index (χ1n) is 4.98. The Morgan fingerprint density at radius 3 is 2.79 bits per heavy atom. The highest BCUT2D eigenvalue weighted by molar-refractivity contribution is 5.09. The molecule has 0 aliphatic carbocycles. The van der Waals surface area contributed by atoms with Crippen molar-refractivity contribution in [2.75, 3.05) is 13.1 Å². The molecule has 3 nitrogen and oxygen atoms in total.